The van der Waals surface area contributed by atoms with Crippen molar-refractivity contribution in [3.8, 4) is 16.9 Å². The van der Waals surface area contributed by atoms with Crippen LogP contribution >= 0.6 is 11.6 Å². The number of rotatable bonds is 4. The highest BCUT2D eigenvalue weighted by atomic mass is 35.5. The maximum Gasteiger partial charge on any atom is 0.337 e. The third-order valence-electron chi connectivity index (χ3n) is 3.09. The molecule has 0 saturated carbocycles. The van der Waals surface area contributed by atoms with Crippen LogP contribution in [0.5, 0.6) is 5.75 Å². The Morgan fingerprint density at radius 3 is 2.32 bits per heavy atom. The van der Waals surface area contributed by atoms with E-state index in [2.05, 4.69) is 4.74 Å². The monoisotopic (exact) mass is 320 g/mol. The topological polar surface area (TPSA) is 72.8 Å². The number of hydrogen-bond acceptors (Lipinski definition) is 4. The smallest absolute Gasteiger partial charge is 0.337 e. The Labute approximate surface area is 132 Å². The summed E-state index contributed by atoms with van der Waals surface area (Å²) < 4.78 is 9.79. The molecule has 0 amide bonds. The van der Waals surface area contributed by atoms with Gasteiger partial charge in [-0.15, -0.1) is 0 Å². The lowest BCUT2D eigenvalue weighted by Gasteiger charge is -2.10. The van der Waals surface area contributed by atoms with Gasteiger partial charge in [-0.2, -0.15) is 0 Å². The van der Waals surface area contributed by atoms with Gasteiger partial charge in [-0.25, -0.2) is 9.59 Å². The van der Waals surface area contributed by atoms with Crippen LogP contribution in [0.4, 0.5) is 0 Å². The van der Waals surface area contributed by atoms with Crippen molar-refractivity contribution in [2.24, 2.45) is 0 Å². The number of esters is 1. The minimum atomic E-state index is -1.15. The van der Waals surface area contributed by atoms with Crippen LogP contribution in [0.3, 0.4) is 0 Å². The molecule has 2 aromatic rings. The number of hydrogen-bond donors (Lipinski definition) is 1. The van der Waals surface area contributed by atoms with Gasteiger partial charge in [0.1, 0.15) is 5.75 Å². The summed E-state index contributed by atoms with van der Waals surface area (Å²) in [5.74, 6) is -1.20. The molecule has 0 aliphatic carbocycles. The van der Waals surface area contributed by atoms with Crippen molar-refractivity contribution in [2.45, 2.75) is 0 Å². The molecule has 2 aromatic carbocycles. The molecule has 5 nitrogen and oxygen atoms in total. The van der Waals surface area contributed by atoms with E-state index in [9.17, 15) is 14.7 Å². The first-order valence-corrected chi connectivity index (χ1v) is 6.64. The normalized spacial score (nSPS) is 10.1. The molecule has 22 heavy (non-hydrogen) atoms. The van der Waals surface area contributed by atoms with E-state index in [1.165, 1.54) is 32.4 Å². The molecule has 1 N–H and O–H groups in total. The average Bonchev–Trinajstić information content (AvgIpc) is 2.54. The van der Waals surface area contributed by atoms with Crippen molar-refractivity contribution in [1.82, 2.24) is 0 Å². The van der Waals surface area contributed by atoms with Crippen LogP contribution in [0.2, 0.25) is 5.02 Å². The largest absolute Gasteiger partial charge is 0.497 e. The van der Waals surface area contributed by atoms with Crippen molar-refractivity contribution in [1.29, 1.82) is 0 Å². The standard InChI is InChI=1S/C16H13ClO5/c1-21-12-3-4-14(17)13(8-12)9-5-10(15(18)19)7-11(6-9)16(20)22-2/h3-8H,1-2H3,(H,18,19). The van der Waals surface area contributed by atoms with Crippen LogP contribution in [0.1, 0.15) is 20.7 Å². The molecular formula is C16H13ClO5. The lowest BCUT2D eigenvalue weighted by molar-refractivity contribution is 0.0601. The Kier molecular flexibility index (Phi) is 4.68. The van der Waals surface area contributed by atoms with Gasteiger partial charge in [-0.1, -0.05) is 11.6 Å². The van der Waals surface area contributed by atoms with E-state index in [-0.39, 0.29) is 11.1 Å². The van der Waals surface area contributed by atoms with Crippen molar-refractivity contribution < 1.29 is 24.2 Å². The van der Waals surface area contributed by atoms with E-state index < -0.39 is 11.9 Å². The van der Waals surface area contributed by atoms with Crippen molar-refractivity contribution in [2.75, 3.05) is 14.2 Å². The summed E-state index contributed by atoms with van der Waals surface area (Å²) in [4.78, 5) is 23.0. The third kappa shape index (κ3) is 3.20. The van der Waals surface area contributed by atoms with E-state index in [1.807, 2.05) is 0 Å². The molecule has 2 rings (SSSR count). The van der Waals surface area contributed by atoms with Crippen LogP contribution in [0.25, 0.3) is 11.1 Å². The molecule has 0 unspecified atom stereocenters. The summed E-state index contributed by atoms with van der Waals surface area (Å²) >= 11 is 6.17. The molecule has 0 fully saturated rings. The number of ether oxygens (including phenoxy) is 2. The summed E-state index contributed by atoms with van der Waals surface area (Å²) in [6.07, 6.45) is 0. The predicted molar refractivity (Wildman–Crippen MR) is 81.7 cm³/mol. The quantitative estimate of drug-likeness (QED) is 0.873. The highest BCUT2D eigenvalue weighted by Crippen LogP contribution is 2.32. The molecule has 0 aliphatic rings. The molecule has 0 bridgehead atoms. The Hall–Kier alpha value is -2.53. The van der Waals surface area contributed by atoms with Crippen LogP contribution in [0, 0.1) is 0 Å². The van der Waals surface area contributed by atoms with Crippen LogP contribution in [-0.4, -0.2) is 31.3 Å². The number of carboxylic acid groups (broad SMARTS) is 1. The molecule has 0 aromatic heterocycles. The Morgan fingerprint density at radius 2 is 1.73 bits per heavy atom. The number of carboxylic acids is 1. The van der Waals surface area contributed by atoms with Crippen LogP contribution in [-0.2, 0) is 4.74 Å². The second kappa shape index (κ2) is 6.49. The molecule has 114 valence electrons. The van der Waals surface area contributed by atoms with E-state index in [0.717, 1.165) is 0 Å². The van der Waals surface area contributed by atoms with Crippen molar-refractivity contribution >= 4 is 23.5 Å². The predicted octanol–water partition coefficient (Wildman–Crippen LogP) is 3.50. The second-order valence-corrected chi connectivity index (χ2v) is 4.85. The first kappa shape index (κ1) is 15.9. The Morgan fingerprint density at radius 1 is 1.05 bits per heavy atom. The van der Waals surface area contributed by atoms with Gasteiger partial charge in [-0.05, 0) is 42.0 Å². The van der Waals surface area contributed by atoms with Gasteiger partial charge in [0.2, 0.25) is 0 Å². The third-order valence-corrected chi connectivity index (χ3v) is 3.42. The molecule has 0 saturated heterocycles. The minimum absolute atomic E-state index is 0.0308. The van der Waals surface area contributed by atoms with Gasteiger partial charge < -0.3 is 14.6 Å². The lowest BCUT2D eigenvalue weighted by Crippen LogP contribution is -2.05. The van der Waals surface area contributed by atoms with Gasteiger partial charge in [0.25, 0.3) is 0 Å². The minimum Gasteiger partial charge on any atom is -0.497 e. The van der Waals surface area contributed by atoms with Gasteiger partial charge in [0, 0.05) is 10.6 Å². The fraction of sp³-hybridized carbons (Fsp3) is 0.125. The number of halogens is 1. The second-order valence-electron chi connectivity index (χ2n) is 4.44. The zero-order chi connectivity index (χ0) is 16.3. The lowest BCUT2D eigenvalue weighted by atomic mass is 9.99. The number of carbonyl (C=O) groups is 2. The van der Waals surface area contributed by atoms with Crippen molar-refractivity contribution in [3.63, 3.8) is 0 Å². The molecule has 6 heteroatoms. The molecule has 0 aliphatic heterocycles. The van der Waals surface area contributed by atoms with Gasteiger partial charge >= 0.3 is 11.9 Å². The van der Waals surface area contributed by atoms with E-state index in [4.69, 9.17) is 16.3 Å². The average molecular weight is 321 g/mol. The first-order valence-electron chi connectivity index (χ1n) is 6.27. The molecule has 0 radical (unpaired) electrons. The van der Waals surface area contributed by atoms with Gasteiger partial charge in [-0.3, -0.25) is 0 Å². The number of carbonyl (C=O) groups excluding carboxylic acids is 1. The number of benzene rings is 2. The van der Waals surface area contributed by atoms with Crippen LogP contribution in [0.15, 0.2) is 36.4 Å². The summed E-state index contributed by atoms with van der Waals surface area (Å²) in [5, 5.41) is 9.61. The van der Waals surface area contributed by atoms with Gasteiger partial charge in [0.05, 0.1) is 25.3 Å². The summed E-state index contributed by atoms with van der Waals surface area (Å²) in [6, 6.07) is 9.22. The number of aromatic carboxylic acids is 1. The first-order chi connectivity index (χ1) is 10.5. The zero-order valence-electron chi connectivity index (χ0n) is 11.9. The number of methoxy groups -OCH3 is 2. The van der Waals surface area contributed by atoms with E-state index >= 15 is 0 Å². The molecular weight excluding hydrogens is 308 g/mol. The maximum atomic E-state index is 11.7. The van der Waals surface area contributed by atoms with Gasteiger partial charge in [0.15, 0.2) is 0 Å². The Balaban J connectivity index is 2.66. The van der Waals surface area contributed by atoms with Crippen LogP contribution < -0.4 is 4.74 Å². The molecule has 0 spiro atoms. The molecule has 0 heterocycles. The highest BCUT2D eigenvalue weighted by molar-refractivity contribution is 6.33. The van der Waals surface area contributed by atoms with Crippen molar-refractivity contribution in [3.05, 3.63) is 52.5 Å². The van der Waals surface area contributed by atoms with E-state index in [1.54, 1.807) is 18.2 Å². The zero-order valence-corrected chi connectivity index (χ0v) is 12.7. The summed E-state index contributed by atoms with van der Waals surface area (Å²) in [5.41, 5.74) is 1.16. The summed E-state index contributed by atoms with van der Waals surface area (Å²) in [6.45, 7) is 0. The SMILES string of the molecule is COC(=O)c1cc(C(=O)O)cc(-c2cc(OC)ccc2Cl)c1. The fourth-order valence-corrected chi connectivity index (χ4v) is 2.22. The molecule has 0 atom stereocenters. The van der Waals surface area contributed by atoms with E-state index in [0.29, 0.717) is 21.9 Å². The summed E-state index contributed by atoms with van der Waals surface area (Å²) in [7, 11) is 2.74. The Bertz CT molecular complexity index is 739. The fourth-order valence-electron chi connectivity index (χ4n) is 1.99. The highest BCUT2D eigenvalue weighted by Gasteiger charge is 2.15. The maximum absolute atomic E-state index is 11.7.